The number of amides is 1. The molecule has 2 saturated heterocycles. The Morgan fingerprint density at radius 2 is 2.15 bits per heavy atom. The molecular weight excluding hydrogens is 433 g/mol. The lowest BCUT2D eigenvalue weighted by atomic mass is 9.73. The molecule has 33 heavy (non-hydrogen) atoms. The number of carbonyl (C=O) groups excluding carboxylic acids is 1. The summed E-state index contributed by atoms with van der Waals surface area (Å²) in [6.45, 7) is 2.65. The summed E-state index contributed by atoms with van der Waals surface area (Å²) in [6, 6.07) is 9.14. The van der Waals surface area contributed by atoms with Crippen molar-refractivity contribution in [1.29, 1.82) is 5.26 Å². The Bertz CT molecular complexity index is 1050. The van der Waals surface area contributed by atoms with E-state index in [9.17, 15) is 18.0 Å². The summed E-state index contributed by atoms with van der Waals surface area (Å²) < 4.78 is 45.8. The molecule has 4 rings (SSSR count). The smallest absolute Gasteiger partial charge is 0.384 e. The Hall–Kier alpha value is -3.12. The van der Waals surface area contributed by atoms with E-state index in [0.29, 0.717) is 44.9 Å². The molecule has 174 valence electrons. The maximum atomic E-state index is 13.4. The van der Waals surface area contributed by atoms with Crippen LogP contribution >= 0.6 is 0 Å². The van der Waals surface area contributed by atoms with Gasteiger partial charge in [-0.3, -0.25) is 9.78 Å². The van der Waals surface area contributed by atoms with Crippen LogP contribution in [-0.4, -0.2) is 55.7 Å². The van der Waals surface area contributed by atoms with Gasteiger partial charge in [-0.25, -0.2) is 0 Å². The van der Waals surface area contributed by atoms with E-state index in [-0.39, 0.29) is 29.2 Å². The SMILES string of the molecule is COC[C@@]12CCN(c3ccc(C#N)c(C(F)(F)F)c3)C[C@@H]1CN(C(=O)Cc1cccnc1)C2. The fraction of sp³-hybridized carbons (Fsp3) is 0.458. The molecule has 0 radical (unpaired) electrons. The predicted molar refractivity (Wildman–Crippen MR) is 115 cm³/mol. The van der Waals surface area contributed by atoms with Crippen LogP contribution in [0.5, 0.6) is 0 Å². The molecule has 1 amide bonds. The van der Waals surface area contributed by atoms with Gasteiger partial charge in [-0.15, -0.1) is 0 Å². The Morgan fingerprint density at radius 1 is 1.33 bits per heavy atom. The minimum Gasteiger partial charge on any atom is -0.384 e. The van der Waals surface area contributed by atoms with E-state index in [1.54, 1.807) is 37.7 Å². The van der Waals surface area contributed by atoms with Gasteiger partial charge in [0.2, 0.25) is 5.91 Å². The van der Waals surface area contributed by atoms with E-state index in [0.717, 1.165) is 11.6 Å². The molecule has 2 aromatic rings. The summed E-state index contributed by atoms with van der Waals surface area (Å²) in [5, 5.41) is 9.07. The fourth-order valence-electron chi connectivity index (χ4n) is 5.08. The van der Waals surface area contributed by atoms with Crippen molar-refractivity contribution in [3.63, 3.8) is 0 Å². The Labute approximate surface area is 190 Å². The summed E-state index contributed by atoms with van der Waals surface area (Å²) in [6.07, 6.45) is -0.300. The van der Waals surface area contributed by atoms with Gasteiger partial charge in [0.25, 0.3) is 0 Å². The molecule has 0 N–H and O–H groups in total. The zero-order chi connectivity index (χ0) is 23.6. The number of carbonyl (C=O) groups is 1. The number of anilines is 1. The number of aromatic nitrogens is 1. The van der Waals surface area contributed by atoms with Crippen molar-refractivity contribution in [2.75, 3.05) is 44.8 Å². The molecular formula is C24H25F3N4O2. The number of benzene rings is 1. The van der Waals surface area contributed by atoms with Crippen molar-refractivity contribution in [2.24, 2.45) is 11.3 Å². The number of nitrogens with zero attached hydrogens (tertiary/aromatic N) is 4. The molecule has 0 bridgehead atoms. The third-order valence-electron chi connectivity index (χ3n) is 6.79. The molecule has 0 unspecified atom stereocenters. The van der Waals surface area contributed by atoms with E-state index >= 15 is 0 Å². The van der Waals surface area contributed by atoms with Gasteiger partial charge in [-0.1, -0.05) is 6.07 Å². The first-order valence-electron chi connectivity index (χ1n) is 10.8. The van der Waals surface area contributed by atoms with E-state index < -0.39 is 11.7 Å². The molecule has 9 heteroatoms. The number of likely N-dealkylation sites (tertiary alicyclic amines) is 1. The van der Waals surface area contributed by atoms with Crippen LogP contribution < -0.4 is 4.90 Å². The molecule has 2 atom stereocenters. The average Bonchev–Trinajstić information content (AvgIpc) is 3.18. The molecule has 1 aromatic carbocycles. The number of pyridine rings is 1. The van der Waals surface area contributed by atoms with Crippen LogP contribution in [0.3, 0.4) is 0 Å². The van der Waals surface area contributed by atoms with Gasteiger partial charge in [-0.2, -0.15) is 18.4 Å². The van der Waals surface area contributed by atoms with Gasteiger partial charge in [0, 0.05) is 62.7 Å². The third kappa shape index (κ3) is 4.67. The van der Waals surface area contributed by atoms with Crippen LogP contribution in [0.15, 0.2) is 42.7 Å². The summed E-state index contributed by atoms with van der Waals surface area (Å²) in [7, 11) is 1.63. The molecule has 0 spiro atoms. The molecule has 2 fully saturated rings. The molecule has 3 heterocycles. The van der Waals surface area contributed by atoms with Crippen molar-refractivity contribution < 1.29 is 22.7 Å². The molecule has 2 aliphatic rings. The largest absolute Gasteiger partial charge is 0.417 e. The third-order valence-corrected chi connectivity index (χ3v) is 6.79. The lowest BCUT2D eigenvalue weighted by molar-refractivity contribution is -0.137. The number of piperidine rings is 1. The first-order valence-corrected chi connectivity index (χ1v) is 10.8. The zero-order valence-electron chi connectivity index (χ0n) is 18.3. The summed E-state index contributed by atoms with van der Waals surface area (Å²) in [5.74, 6) is 0.0752. The Balaban J connectivity index is 1.53. The first-order chi connectivity index (χ1) is 15.8. The number of alkyl halides is 3. The van der Waals surface area contributed by atoms with Gasteiger partial charge in [0.05, 0.1) is 30.2 Å². The number of hydrogen-bond acceptors (Lipinski definition) is 5. The highest BCUT2D eigenvalue weighted by Crippen LogP contribution is 2.45. The zero-order valence-corrected chi connectivity index (χ0v) is 18.3. The minimum absolute atomic E-state index is 0.0113. The summed E-state index contributed by atoms with van der Waals surface area (Å²) in [5.41, 5.74) is -0.250. The van der Waals surface area contributed by atoms with Crippen molar-refractivity contribution in [3.05, 3.63) is 59.4 Å². The van der Waals surface area contributed by atoms with E-state index in [2.05, 4.69) is 4.98 Å². The minimum atomic E-state index is -4.60. The van der Waals surface area contributed by atoms with Crippen LogP contribution in [0.25, 0.3) is 0 Å². The molecule has 1 aromatic heterocycles. The highest BCUT2D eigenvalue weighted by molar-refractivity contribution is 5.79. The van der Waals surface area contributed by atoms with Gasteiger partial charge in [-0.05, 0) is 36.2 Å². The number of nitriles is 1. The number of rotatable bonds is 5. The van der Waals surface area contributed by atoms with Gasteiger partial charge >= 0.3 is 6.18 Å². The summed E-state index contributed by atoms with van der Waals surface area (Å²) >= 11 is 0. The highest BCUT2D eigenvalue weighted by atomic mass is 19.4. The Kier molecular flexibility index (Phi) is 6.30. The molecule has 2 aliphatic heterocycles. The van der Waals surface area contributed by atoms with Gasteiger partial charge in [0.1, 0.15) is 0 Å². The quantitative estimate of drug-likeness (QED) is 0.686. The monoisotopic (exact) mass is 458 g/mol. The van der Waals surface area contributed by atoms with Crippen molar-refractivity contribution in [1.82, 2.24) is 9.88 Å². The lowest BCUT2D eigenvalue weighted by Crippen LogP contribution is -2.49. The number of ether oxygens (including phenoxy) is 1. The van der Waals surface area contributed by atoms with Gasteiger partial charge in [0.15, 0.2) is 0 Å². The van der Waals surface area contributed by atoms with Crippen LogP contribution in [0.4, 0.5) is 18.9 Å². The molecule has 6 nitrogen and oxygen atoms in total. The average molecular weight is 458 g/mol. The second kappa shape index (κ2) is 9.02. The number of hydrogen-bond donors (Lipinski definition) is 0. The first kappa shape index (κ1) is 23.1. The van der Waals surface area contributed by atoms with Crippen LogP contribution in [0, 0.1) is 22.7 Å². The topological polar surface area (TPSA) is 69.5 Å². The summed E-state index contributed by atoms with van der Waals surface area (Å²) in [4.78, 5) is 20.8. The molecule has 0 aliphatic carbocycles. The van der Waals surface area contributed by atoms with Crippen LogP contribution in [0.1, 0.15) is 23.1 Å². The van der Waals surface area contributed by atoms with Crippen LogP contribution in [-0.2, 0) is 22.1 Å². The van der Waals surface area contributed by atoms with Crippen molar-refractivity contribution in [3.8, 4) is 6.07 Å². The van der Waals surface area contributed by atoms with E-state index in [4.69, 9.17) is 10.00 Å². The van der Waals surface area contributed by atoms with E-state index in [1.807, 2.05) is 15.9 Å². The van der Waals surface area contributed by atoms with Gasteiger partial charge < -0.3 is 14.5 Å². The number of halogens is 3. The second-order valence-corrected chi connectivity index (χ2v) is 8.84. The normalized spacial score (nSPS) is 22.7. The van der Waals surface area contributed by atoms with Crippen molar-refractivity contribution >= 4 is 11.6 Å². The standard InChI is InChI=1S/C24H25F3N4O2/c1-33-16-23-6-8-30(20-5-4-18(11-28)21(10-20)24(25,26)27)13-19(23)14-31(15-23)22(32)9-17-3-2-7-29-12-17/h2-5,7,10,12,19H,6,8-9,13-16H2,1H3/t19-,23+/m1/s1. The fourth-order valence-corrected chi connectivity index (χ4v) is 5.08. The van der Waals surface area contributed by atoms with Crippen LogP contribution in [0.2, 0.25) is 0 Å². The molecule has 0 saturated carbocycles. The number of methoxy groups -OCH3 is 1. The van der Waals surface area contributed by atoms with Crippen molar-refractivity contribution in [2.45, 2.75) is 19.0 Å². The lowest BCUT2D eigenvalue weighted by Gasteiger charge is -2.44. The second-order valence-electron chi connectivity index (χ2n) is 8.84. The highest BCUT2D eigenvalue weighted by Gasteiger charge is 2.50. The van der Waals surface area contributed by atoms with E-state index in [1.165, 1.54) is 6.07 Å². The Morgan fingerprint density at radius 3 is 2.82 bits per heavy atom. The predicted octanol–water partition coefficient (Wildman–Crippen LogP) is 3.52. The maximum absolute atomic E-state index is 13.4. The number of fused-ring (bicyclic) bond motifs is 1. The maximum Gasteiger partial charge on any atom is 0.417 e.